The molecule has 0 aromatic heterocycles. The number of para-hydroxylation sites is 1. The van der Waals surface area contributed by atoms with Crippen LogP contribution in [0.15, 0.2) is 71.6 Å². The summed E-state index contributed by atoms with van der Waals surface area (Å²) in [5, 5.41) is 3.07. The van der Waals surface area contributed by atoms with Crippen LogP contribution in [0.25, 0.3) is 0 Å². The number of nitrogens with one attached hydrogen (secondary N) is 2. The Balaban J connectivity index is 1.82. The molecule has 0 heterocycles. The monoisotopic (exact) mass is 428 g/mol. The fraction of sp³-hybridized carbons (Fsp3) is 0.136. The Morgan fingerprint density at radius 3 is 2.38 bits per heavy atom. The zero-order valence-electron chi connectivity index (χ0n) is 16.1. The van der Waals surface area contributed by atoms with E-state index in [-0.39, 0.29) is 27.1 Å². The van der Waals surface area contributed by atoms with Crippen LogP contribution in [0.3, 0.4) is 0 Å². The average molecular weight is 429 g/mol. The number of carbonyl (C=O) groups excluding carboxylic acids is 1. The van der Waals surface area contributed by atoms with E-state index in [2.05, 4.69) is 10.0 Å². The van der Waals surface area contributed by atoms with E-state index in [9.17, 15) is 13.2 Å². The summed E-state index contributed by atoms with van der Waals surface area (Å²) in [6, 6.07) is 18.3. The number of amides is 1. The first-order valence-electron chi connectivity index (χ1n) is 9.09. The molecule has 2 N–H and O–H groups in total. The number of aryl methyl sites for hydroxylation is 2. The average Bonchev–Trinajstić information content (AvgIpc) is 2.70. The zero-order valence-corrected chi connectivity index (χ0v) is 17.6. The number of halogens is 1. The molecule has 0 bridgehead atoms. The Bertz CT molecular complexity index is 1150. The summed E-state index contributed by atoms with van der Waals surface area (Å²) in [5.41, 5.74) is 3.30. The van der Waals surface area contributed by atoms with Crippen molar-refractivity contribution in [1.82, 2.24) is 0 Å². The summed E-state index contributed by atoms with van der Waals surface area (Å²) in [5.74, 6) is -0.350. The zero-order chi connectivity index (χ0) is 21.0. The van der Waals surface area contributed by atoms with Gasteiger partial charge in [0.05, 0.1) is 21.2 Å². The molecule has 0 spiro atoms. The molecule has 150 valence electrons. The highest BCUT2D eigenvalue weighted by molar-refractivity contribution is 7.92. The highest BCUT2D eigenvalue weighted by Crippen LogP contribution is 2.26. The van der Waals surface area contributed by atoms with Gasteiger partial charge < -0.3 is 5.32 Å². The van der Waals surface area contributed by atoms with Gasteiger partial charge in [-0.05, 0) is 54.8 Å². The van der Waals surface area contributed by atoms with Crippen LogP contribution in [0.1, 0.15) is 28.4 Å². The molecule has 0 unspecified atom stereocenters. The topological polar surface area (TPSA) is 75.3 Å². The van der Waals surface area contributed by atoms with Crippen molar-refractivity contribution >= 4 is 38.9 Å². The molecule has 0 radical (unpaired) electrons. The molecule has 29 heavy (non-hydrogen) atoms. The van der Waals surface area contributed by atoms with E-state index < -0.39 is 10.0 Å². The van der Waals surface area contributed by atoms with Crippen LogP contribution in [-0.4, -0.2) is 14.3 Å². The van der Waals surface area contributed by atoms with Gasteiger partial charge in [-0.25, -0.2) is 8.42 Å². The smallest absolute Gasteiger partial charge is 0.261 e. The van der Waals surface area contributed by atoms with Crippen LogP contribution >= 0.6 is 11.6 Å². The summed E-state index contributed by atoms with van der Waals surface area (Å²) in [6.45, 7) is 3.95. The van der Waals surface area contributed by atoms with Gasteiger partial charge in [-0.3, -0.25) is 9.52 Å². The maximum Gasteiger partial charge on any atom is 0.261 e. The van der Waals surface area contributed by atoms with Crippen molar-refractivity contribution in [2.24, 2.45) is 0 Å². The molecule has 0 aliphatic carbocycles. The van der Waals surface area contributed by atoms with Gasteiger partial charge in [-0.1, -0.05) is 54.9 Å². The molecule has 0 fully saturated rings. The van der Waals surface area contributed by atoms with E-state index in [0.29, 0.717) is 0 Å². The SMILES string of the molecule is CCc1cccc(C)c1NC(=O)c1ccc(NS(=O)(=O)c2ccccc2)cc1Cl. The van der Waals surface area contributed by atoms with Gasteiger partial charge in [0, 0.05) is 5.69 Å². The summed E-state index contributed by atoms with van der Waals surface area (Å²) in [6.07, 6.45) is 0.783. The maximum absolute atomic E-state index is 12.7. The molecule has 0 saturated carbocycles. The quantitative estimate of drug-likeness (QED) is 0.562. The normalized spacial score (nSPS) is 11.1. The molecule has 3 aromatic rings. The predicted molar refractivity (Wildman–Crippen MR) is 117 cm³/mol. The second-order valence-corrected chi connectivity index (χ2v) is 8.62. The van der Waals surface area contributed by atoms with E-state index in [1.54, 1.807) is 18.2 Å². The van der Waals surface area contributed by atoms with Gasteiger partial charge in [0.2, 0.25) is 0 Å². The number of hydrogen-bond donors (Lipinski definition) is 2. The lowest BCUT2D eigenvalue weighted by Crippen LogP contribution is -2.16. The number of rotatable bonds is 6. The summed E-state index contributed by atoms with van der Waals surface area (Å²) < 4.78 is 27.4. The number of hydrogen-bond acceptors (Lipinski definition) is 3. The summed E-state index contributed by atoms with van der Waals surface area (Å²) >= 11 is 6.28. The Morgan fingerprint density at radius 1 is 1.00 bits per heavy atom. The minimum Gasteiger partial charge on any atom is -0.321 e. The van der Waals surface area contributed by atoms with Gasteiger partial charge in [0.1, 0.15) is 0 Å². The van der Waals surface area contributed by atoms with Crippen molar-refractivity contribution in [3.05, 3.63) is 88.4 Å². The third-order valence-corrected chi connectivity index (χ3v) is 6.21. The third-order valence-electron chi connectivity index (χ3n) is 4.50. The van der Waals surface area contributed by atoms with Gasteiger partial charge in [0.15, 0.2) is 0 Å². The first-order valence-corrected chi connectivity index (χ1v) is 10.9. The van der Waals surface area contributed by atoms with Crippen molar-refractivity contribution in [1.29, 1.82) is 0 Å². The number of benzene rings is 3. The lowest BCUT2D eigenvalue weighted by Gasteiger charge is -2.14. The van der Waals surface area contributed by atoms with Crippen LogP contribution in [0.4, 0.5) is 11.4 Å². The fourth-order valence-electron chi connectivity index (χ4n) is 2.96. The van der Waals surface area contributed by atoms with Crippen molar-refractivity contribution in [2.75, 3.05) is 10.0 Å². The first kappa shape index (κ1) is 20.9. The number of sulfonamides is 1. The Labute approximate surface area is 175 Å². The molecule has 1 amide bonds. The second kappa shape index (κ2) is 8.68. The predicted octanol–water partition coefficient (Wildman–Crippen LogP) is 5.26. The standard InChI is InChI=1S/C22H21ClN2O3S/c1-3-16-9-7-8-15(2)21(16)24-22(26)19-13-12-17(14-20(19)23)25-29(27,28)18-10-5-4-6-11-18/h4-14,25H,3H2,1-2H3,(H,24,26). The molecular formula is C22H21ClN2O3S. The molecule has 0 saturated heterocycles. The largest absolute Gasteiger partial charge is 0.321 e. The van der Waals surface area contributed by atoms with Gasteiger partial charge in [-0.15, -0.1) is 0 Å². The first-order chi connectivity index (χ1) is 13.8. The van der Waals surface area contributed by atoms with Crippen LogP contribution < -0.4 is 10.0 Å². The van der Waals surface area contributed by atoms with Crippen molar-refractivity contribution < 1.29 is 13.2 Å². The van der Waals surface area contributed by atoms with Gasteiger partial charge in [0.25, 0.3) is 15.9 Å². The van der Waals surface area contributed by atoms with Crippen molar-refractivity contribution in [3.8, 4) is 0 Å². The van der Waals surface area contributed by atoms with Crippen LogP contribution in [-0.2, 0) is 16.4 Å². The lowest BCUT2D eigenvalue weighted by molar-refractivity contribution is 0.102. The summed E-state index contributed by atoms with van der Waals surface area (Å²) in [4.78, 5) is 12.9. The minimum absolute atomic E-state index is 0.143. The van der Waals surface area contributed by atoms with Crippen molar-refractivity contribution in [2.45, 2.75) is 25.2 Å². The fourth-order valence-corrected chi connectivity index (χ4v) is 4.30. The van der Waals surface area contributed by atoms with Crippen LogP contribution in [0.2, 0.25) is 5.02 Å². The molecule has 3 aromatic carbocycles. The second-order valence-electron chi connectivity index (χ2n) is 6.53. The molecule has 5 nitrogen and oxygen atoms in total. The Kier molecular flexibility index (Phi) is 6.25. The van der Waals surface area contributed by atoms with E-state index in [1.807, 2.05) is 32.0 Å². The molecule has 0 atom stereocenters. The van der Waals surface area contributed by atoms with Gasteiger partial charge >= 0.3 is 0 Å². The highest BCUT2D eigenvalue weighted by atomic mass is 35.5. The van der Waals surface area contributed by atoms with E-state index >= 15 is 0 Å². The third kappa shape index (κ3) is 4.78. The molecule has 3 rings (SSSR count). The molecule has 7 heteroatoms. The number of carbonyl (C=O) groups is 1. The Hall–Kier alpha value is -2.83. The van der Waals surface area contributed by atoms with Crippen molar-refractivity contribution in [3.63, 3.8) is 0 Å². The molecular weight excluding hydrogens is 408 g/mol. The van der Waals surface area contributed by atoms with E-state index in [0.717, 1.165) is 23.2 Å². The number of anilines is 2. The molecule has 0 aliphatic heterocycles. The van der Waals surface area contributed by atoms with Crippen LogP contribution in [0, 0.1) is 6.92 Å². The van der Waals surface area contributed by atoms with Gasteiger partial charge in [-0.2, -0.15) is 0 Å². The van der Waals surface area contributed by atoms with Crippen LogP contribution in [0.5, 0.6) is 0 Å². The van der Waals surface area contributed by atoms with E-state index in [1.165, 1.54) is 30.3 Å². The summed E-state index contributed by atoms with van der Waals surface area (Å²) in [7, 11) is -3.74. The minimum atomic E-state index is -3.74. The maximum atomic E-state index is 12.7. The Morgan fingerprint density at radius 2 is 1.72 bits per heavy atom. The molecule has 0 aliphatic rings. The highest BCUT2D eigenvalue weighted by Gasteiger charge is 2.17. The van der Waals surface area contributed by atoms with E-state index in [4.69, 9.17) is 11.6 Å². The lowest BCUT2D eigenvalue weighted by atomic mass is 10.1.